The fourth-order valence-electron chi connectivity index (χ4n) is 5.74. The van der Waals surface area contributed by atoms with Gasteiger partial charge in [0.2, 0.25) is 5.91 Å². The number of amides is 1. The molecule has 4 fully saturated rings. The van der Waals surface area contributed by atoms with Crippen molar-refractivity contribution in [2.45, 2.75) is 89.9 Å². The summed E-state index contributed by atoms with van der Waals surface area (Å²) >= 11 is 0. The topological polar surface area (TPSA) is 64.6 Å². The Hall–Kier alpha value is -0.883. The monoisotopic (exact) mass is 409 g/mol. The highest BCUT2D eigenvalue weighted by atomic mass is 28.4. The van der Waals surface area contributed by atoms with Gasteiger partial charge < -0.3 is 14.5 Å². The first-order chi connectivity index (χ1) is 13.0. The summed E-state index contributed by atoms with van der Waals surface area (Å²) < 4.78 is 11.2. The highest BCUT2D eigenvalue weighted by Crippen LogP contribution is 2.60. The molecule has 28 heavy (non-hydrogen) atoms. The van der Waals surface area contributed by atoms with Crippen molar-refractivity contribution < 1.29 is 18.8 Å². The van der Waals surface area contributed by atoms with Gasteiger partial charge in [0.05, 0.1) is 7.11 Å². The highest BCUT2D eigenvalue weighted by Gasteiger charge is 2.55. The number of rotatable bonds is 7. The Morgan fingerprint density at radius 1 is 1.07 bits per heavy atom. The van der Waals surface area contributed by atoms with E-state index in [-0.39, 0.29) is 22.3 Å². The minimum Gasteiger partial charge on any atom is -0.467 e. The Labute approximate surface area is 171 Å². The van der Waals surface area contributed by atoms with Gasteiger partial charge >= 0.3 is 5.97 Å². The Morgan fingerprint density at radius 3 is 2.00 bits per heavy atom. The predicted octanol–water partition coefficient (Wildman–Crippen LogP) is 4.27. The average Bonchev–Trinajstić information content (AvgIpc) is 2.57. The van der Waals surface area contributed by atoms with E-state index in [0.717, 1.165) is 19.3 Å². The van der Waals surface area contributed by atoms with Gasteiger partial charge in [0.1, 0.15) is 6.04 Å². The van der Waals surface area contributed by atoms with Crippen molar-refractivity contribution in [3.8, 4) is 0 Å². The van der Waals surface area contributed by atoms with Crippen LogP contribution in [0.2, 0.25) is 18.1 Å². The largest absolute Gasteiger partial charge is 0.467 e. The molecule has 0 aliphatic heterocycles. The van der Waals surface area contributed by atoms with Crippen molar-refractivity contribution in [3.63, 3.8) is 0 Å². The third-order valence-electron chi connectivity index (χ3n) is 7.99. The third-order valence-corrected chi connectivity index (χ3v) is 12.5. The number of ether oxygens (including phenoxy) is 1. The highest BCUT2D eigenvalue weighted by molar-refractivity contribution is 6.74. The van der Waals surface area contributed by atoms with Crippen LogP contribution >= 0.6 is 0 Å². The van der Waals surface area contributed by atoms with E-state index in [4.69, 9.17) is 9.16 Å². The molecule has 0 aromatic heterocycles. The quantitative estimate of drug-likeness (QED) is 0.504. The summed E-state index contributed by atoms with van der Waals surface area (Å²) in [5.74, 6) is 1.83. The molecule has 160 valence electrons. The van der Waals surface area contributed by atoms with Gasteiger partial charge in [-0.2, -0.15) is 0 Å². The minimum atomic E-state index is -1.88. The van der Waals surface area contributed by atoms with Crippen LogP contribution in [0.4, 0.5) is 0 Å². The van der Waals surface area contributed by atoms with Gasteiger partial charge in [-0.1, -0.05) is 20.8 Å². The van der Waals surface area contributed by atoms with Crippen LogP contribution < -0.4 is 5.32 Å². The van der Waals surface area contributed by atoms with Crippen LogP contribution in [-0.4, -0.2) is 40.0 Å². The molecule has 0 saturated heterocycles. The molecule has 4 aliphatic carbocycles. The number of carbonyl (C=O) groups is 2. The first kappa shape index (κ1) is 21.8. The predicted molar refractivity (Wildman–Crippen MR) is 112 cm³/mol. The molecule has 0 spiro atoms. The van der Waals surface area contributed by atoms with Crippen LogP contribution in [0.15, 0.2) is 0 Å². The van der Waals surface area contributed by atoms with E-state index >= 15 is 0 Å². The number of carbonyl (C=O) groups excluding carboxylic acids is 2. The molecular formula is C22H39NO4Si. The SMILES string of the molecule is COC(=O)[C@@H](CCO[Si](C)(C)C(C)(C)C)NC(=O)C12CC3CC(CC(C3)C1)C2. The van der Waals surface area contributed by atoms with Gasteiger partial charge in [0.25, 0.3) is 0 Å². The maximum Gasteiger partial charge on any atom is 0.328 e. The van der Waals surface area contributed by atoms with Crippen LogP contribution in [0.1, 0.15) is 65.7 Å². The molecule has 6 heteroatoms. The summed E-state index contributed by atoms with van der Waals surface area (Å²) in [7, 11) is -0.489. The van der Waals surface area contributed by atoms with E-state index in [9.17, 15) is 9.59 Å². The number of hydrogen-bond donors (Lipinski definition) is 1. The molecule has 4 bridgehead atoms. The average molecular weight is 410 g/mol. The number of hydrogen-bond acceptors (Lipinski definition) is 4. The number of nitrogens with one attached hydrogen (secondary N) is 1. The second-order valence-corrected chi connectivity index (χ2v) is 16.0. The first-order valence-corrected chi connectivity index (χ1v) is 13.9. The molecule has 0 heterocycles. The molecule has 4 rings (SSSR count). The summed E-state index contributed by atoms with van der Waals surface area (Å²) in [5.41, 5.74) is -0.249. The Morgan fingerprint density at radius 2 is 1.57 bits per heavy atom. The van der Waals surface area contributed by atoms with E-state index in [1.54, 1.807) is 0 Å². The van der Waals surface area contributed by atoms with Crippen LogP contribution in [0.25, 0.3) is 0 Å². The molecule has 1 atom stereocenters. The second kappa shape index (κ2) is 7.75. The first-order valence-electron chi connectivity index (χ1n) is 11.0. The van der Waals surface area contributed by atoms with Gasteiger partial charge in [0.15, 0.2) is 8.32 Å². The molecule has 4 saturated carbocycles. The van der Waals surface area contributed by atoms with E-state index in [2.05, 4.69) is 39.2 Å². The van der Waals surface area contributed by atoms with Crippen LogP contribution in [-0.2, 0) is 18.8 Å². The van der Waals surface area contributed by atoms with E-state index < -0.39 is 14.4 Å². The van der Waals surface area contributed by atoms with Crippen molar-refractivity contribution in [2.75, 3.05) is 13.7 Å². The van der Waals surface area contributed by atoms with E-state index in [1.165, 1.54) is 26.4 Å². The summed E-state index contributed by atoms with van der Waals surface area (Å²) in [5, 5.41) is 3.19. The van der Waals surface area contributed by atoms with Crippen LogP contribution in [0.5, 0.6) is 0 Å². The van der Waals surface area contributed by atoms with Crippen LogP contribution in [0, 0.1) is 23.2 Å². The lowest BCUT2D eigenvalue weighted by Crippen LogP contribution is -2.56. The fraction of sp³-hybridized carbons (Fsp3) is 0.909. The molecule has 0 radical (unpaired) electrons. The van der Waals surface area contributed by atoms with E-state index in [0.29, 0.717) is 30.8 Å². The summed E-state index contributed by atoms with van der Waals surface area (Å²) in [6.45, 7) is 11.5. The Bertz CT molecular complexity index is 575. The van der Waals surface area contributed by atoms with Crippen molar-refractivity contribution in [3.05, 3.63) is 0 Å². The van der Waals surface area contributed by atoms with Gasteiger partial charge in [-0.15, -0.1) is 0 Å². The molecule has 5 nitrogen and oxygen atoms in total. The molecule has 0 aromatic carbocycles. The smallest absolute Gasteiger partial charge is 0.328 e. The molecule has 1 N–H and O–H groups in total. The summed E-state index contributed by atoms with van der Waals surface area (Å²) in [6.07, 6.45) is 7.36. The maximum atomic E-state index is 13.3. The van der Waals surface area contributed by atoms with Crippen molar-refractivity contribution in [1.82, 2.24) is 5.32 Å². The minimum absolute atomic E-state index is 0.0781. The molecular weight excluding hydrogens is 370 g/mol. The van der Waals surface area contributed by atoms with Gasteiger partial charge in [-0.05, 0) is 74.4 Å². The van der Waals surface area contributed by atoms with Crippen molar-refractivity contribution >= 4 is 20.2 Å². The fourth-order valence-corrected chi connectivity index (χ4v) is 6.80. The zero-order valence-electron chi connectivity index (χ0n) is 18.6. The van der Waals surface area contributed by atoms with Gasteiger partial charge in [-0.25, -0.2) is 4.79 Å². The Balaban J connectivity index is 1.61. The zero-order valence-corrected chi connectivity index (χ0v) is 19.6. The number of methoxy groups -OCH3 is 1. The number of esters is 1. The zero-order chi connectivity index (χ0) is 20.7. The third kappa shape index (κ3) is 4.33. The lowest BCUT2D eigenvalue weighted by atomic mass is 9.49. The molecule has 0 aromatic rings. The lowest BCUT2D eigenvalue weighted by molar-refractivity contribution is -0.153. The Kier molecular flexibility index (Phi) is 6.04. The lowest BCUT2D eigenvalue weighted by Gasteiger charge is -2.55. The van der Waals surface area contributed by atoms with Gasteiger partial charge in [0, 0.05) is 18.4 Å². The van der Waals surface area contributed by atoms with Crippen molar-refractivity contribution in [1.29, 1.82) is 0 Å². The standard InChI is InChI=1S/C22H39NO4Si/c1-21(2,3)28(5,6)27-8-7-18(19(24)26-4)23-20(25)22-12-15-9-16(13-22)11-17(10-15)14-22/h15-18H,7-14H2,1-6H3,(H,23,25)/t15?,16?,17?,18-,22?/m1/s1. The molecule has 1 amide bonds. The van der Waals surface area contributed by atoms with Gasteiger partial charge in [-0.3, -0.25) is 4.79 Å². The second-order valence-electron chi connectivity index (χ2n) is 11.1. The van der Waals surface area contributed by atoms with Crippen LogP contribution in [0.3, 0.4) is 0 Å². The summed E-state index contributed by atoms with van der Waals surface area (Å²) in [6, 6.07) is -0.615. The maximum absolute atomic E-state index is 13.3. The van der Waals surface area contributed by atoms with Crippen molar-refractivity contribution in [2.24, 2.45) is 23.2 Å². The molecule has 0 unspecified atom stereocenters. The molecule has 4 aliphatic rings. The van der Waals surface area contributed by atoms with E-state index in [1.807, 2.05) is 0 Å². The normalized spacial score (nSPS) is 32.9. The summed E-state index contributed by atoms with van der Waals surface area (Å²) in [4.78, 5) is 25.6.